The predicted molar refractivity (Wildman–Crippen MR) is 132 cm³/mol. The average molecular weight is 397 g/mol. The first-order valence-corrected chi connectivity index (χ1v) is 11.0. The van der Waals surface area contributed by atoms with Crippen molar-refractivity contribution in [2.24, 2.45) is 0 Å². The Hall–Kier alpha value is -3.64. The van der Waals surface area contributed by atoms with E-state index >= 15 is 0 Å². The van der Waals surface area contributed by atoms with Gasteiger partial charge in [-0.05, 0) is 69.0 Å². The normalized spacial score (nSPS) is 17.1. The van der Waals surface area contributed by atoms with E-state index in [0.717, 1.165) is 6.42 Å². The molecule has 4 aromatic rings. The number of benzene rings is 4. The first kappa shape index (κ1) is 18.2. The maximum absolute atomic E-state index is 2.33. The molecule has 1 atom stereocenters. The first-order valence-electron chi connectivity index (χ1n) is 11.0. The van der Waals surface area contributed by atoms with Crippen molar-refractivity contribution < 1.29 is 0 Å². The zero-order valence-electron chi connectivity index (χ0n) is 17.7. The summed E-state index contributed by atoms with van der Waals surface area (Å²) in [6.07, 6.45) is 0.995. The lowest BCUT2D eigenvalue weighted by atomic mass is 9.80. The molecule has 31 heavy (non-hydrogen) atoms. The van der Waals surface area contributed by atoms with Crippen LogP contribution in [0.3, 0.4) is 0 Å². The van der Waals surface area contributed by atoms with E-state index in [4.69, 9.17) is 0 Å². The lowest BCUT2D eigenvalue weighted by molar-refractivity contribution is 1.15. The van der Waals surface area contributed by atoms with Gasteiger partial charge in [-0.15, -0.1) is 0 Å². The van der Waals surface area contributed by atoms with Crippen molar-refractivity contribution in [3.05, 3.63) is 143 Å². The molecule has 0 aromatic heterocycles. The van der Waals surface area contributed by atoms with Gasteiger partial charge in [-0.2, -0.15) is 0 Å². The topological polar surface area (TPSA) is 0 Å². The lowest BCUT2D eigenvalue weighted by Gasteiger charge is -2.22. The van der Waals surface area contributed by atoms with Gasteiger partial charge in [-0.1, -0.05) is 109 Å². The van der Waals surface area contributed by atoms with Crippen LogP contribution < -0.4 is 0 Å². The summed E-state index contributed by atoms with van der Waals surface area (Å²) in [5.41, 5.74) is 14.1. The fourth-order valence-electron chi connectivity index (χ4n) is 5.52. The Bertz CT molecular complexity index is 1340. The zero-order chi connectivity index (χ0) is 20.8. The number of rotatable bonds is 3. The Morgan fingerprint density at radius 1 is 0.548 bits per heavy atom. The van der Waals surface area contributed by atoms with Gasteiger partial charge in [0.2, 0.25) is 0 Å². The van der Waals surface area contributed by atoms with E-state index in [1.807, 2.05) is 0 Å². The molecule has 4 aromatic carbocycles. The molecule has 0 heteroatoms. The van der Waals surface area contributed by atoms with Gasteiger partial charge < -0.3 is 0 Å². The second kappa shape index (κ2) is 7.25. The minimum absolute atomic E-state index is 0.248. The minimum atomic E-state index is 0.248. The van der Waals surface area contributed by atoms with Crippen molar-refractivity contribution in [3.8, 4) is 0 Å². The Morgan fingerprint density at radius 3 is 1.87 bits per heavy atom. The molecule has 0 nitrogen and oxygen atoms in total. The highest BCUT2D eigenvalue weighted by molar-refractivity contribution is 6.11. The highest BCUT2D eigenvalue weighted by Gasteiger charge is 2.37. The molecule has 1 unspecified atom stereocenters. The van der Waals surface area contributed by atoms with Crippen LogP contribution in [0, 0.1) is 0 Å². The molecule has 0 amide bonds. The van der Waals surface area contributed by atoms with Gasteiger partial charge in [0, 0.05) is 5.92 Å². The second-order valence-electron chi connectivity index (χ2n) is 8.52. The summed E-state index contributed by atoms with van der Waals surface area (Å²) in [7, 11) is 0. The van der Waals surface area contributed by atoms with Gasteiger partial charge in [-0.3, -0.25) is 0 Å². The molecule has 0 radical (unpaired) electrons. The van der Waals surface area contributed by atoms with Crippen LogP contribution in [-0.2, 0) is 6.42 Å². The second-order valence-corrected chi connectivity index (χ2v) is 8.52. The predicted octanol–water partition coefficient (Wildman–Crippen LogP) is 7.88. The van der Waals surface area contributed by atoms with Gasteiger partial charge in [0.25, 0.3) is 0 Å². The molecule has 0 heterocycles. The van der Waals surface area contributed by atoms with E-state index in [1.54, 1.807) is 0 Å². The SMILES string of the molecule is CC1=C(c2ccccc2)C(C2=C(c3ccccc3)Cc3ccccc32)c2ccccc21. The monoisotopic (exact) mass is 396 g/mol. The van der Waals surface area contributed by atoms with Gasteiger partial charge in [0.05, 0.1) is 0 Å². The Balaban J connectivity index is 1.67. The number of hydrogen-bond acceptors (Lipinski definition) is 0. The number of hydrogen-bond donors (Lipinski definition) is 0. The molecule has 0 saturated carbocycles. The van der Waals surface area contributed by atoms with Crippen LogP contribution >= 0.6 is 0 Å². The summed E-state index contributed by atoms with van der Waals surface area (Å²) < 4.78 is 0. The number of allylic oxidation sites excluding steroid dienone is 4. The van der Waals surface area contributed by atoms with Crippen LogP contribution in [0.25, 0.3) is 22.3 Å². The van der Waals surface area contributed by atoms with Crippen LogP contribution in [0.1, 0.15) is 46.2 Å². The zero-order valence-corrected chi connectivity index (χ0v) is 17.7. The summed E-state index contributed by atoms with van der Waals surface area (Å²) in [6, 6.07) is 39.9. The average Bonchev–Trinajstić information content (AvgIpc) is 3.35. The molecule has 0 N–H and O–H groups in total. The van der Waals surface area contributed by atoms with Crippen LogP contribution in [0.2, 0.25) is 0 Å². The van der Waals surface area contributed by atoms with E-state index in [-0.39, 0.29) is 5.92 Å². The molecule has 6 rings (SSSR count). The summed E-state index contributed by atoms with van der Waals surface area (Å²) in [6.45, 7) is 2.30. The van der Waals surface area contributed by atoms with Crippen LogP contribution in [-0.4, -0.2) is 0 Å². The van der Waals surface area contributed by atoms with Crippen LogP contribution in [0.15, 0.2) is 109 Å². The molecule has 148 valence electrons. The minimum Gasteiger partial charge on any atom is -0.0622 e. The third kappa shape index (κ3) is 2.83. The molecule has 2 aliphatic rings. The van der Waals surface area contributed by atoms with Crippen molar-refractivity contribution in [2.75, 3.05) is 0 Å². The maximum Gasteiger partial charge on any atom is 0.0363 e. The molecular weight excluding hydrogens is 372 g/mol. The lowest BCUT2D eigenvalue weighted by Crippen LogP contribution is -2.03. The quantitative estimate of drug-likeness (QED) is 0.330. The maximum atomic E-state index is 2.33. The molecule has 0 spiro atoms. The fourth-order valence-corrected chi connectivity index (χ4v) is 5.52. The summed E-state index contributed by atoms with van der Waals surface area (Å²) in [5, 5.41) is 0. The van der Waals surface area contributed by atoms with E-state index in [2.05, 4.69) is 116 Å². The van der Waals surface area contributed by atoms with E-state index < -0.39 is 0 Å². The molecule has 0 aliphatic heterocycles. The van der Waals surface area contributed by atoms with Gasteiger partial charge >= 0.3 is 0 Å². The van der Waals surface area contributed by atoms with Crippen molar-refractivity contribution in [1.29, 1.82) is 0 Å². The van der Waals surface area contributed by atoms with Crippen molar-refractivity contribution in [2.45, 2.75) is 19.3 Å². The molecule has 2 aliphatic carbocycles. The highest BCUT2D eigenvalue weighted by atomic mass is 14.4. The number of fused-ring (bicyclic) bond motifs is 2. The van der Waals surface area contributed by atoms with E-state index in [0.29, 0.717) is 0 Å². The van der Waals surface area contributed by atoms with Crippen LogP contribution in [0.4, 0.5) is 0 Å². The summed E-state index contributed by atoms with van der Waals surface area (Å²) >= 11 is 0. The van der Waals surface area contributed by atoms with Crippen molar-refractivity contribution >= 4 is 22.3 Å². The third-order valence-corrected chi connectivity index (χ3v) is 6.86. The Labute approximate surface area is 184 Å². The Morgan fingerprint density at radius 2 is 1.13 bits per heavy atom. The van der Waals surface area contributed by atoms with E-state index in [9.17, 15) is 0 Å². The standard InChI is InChI=1S/C31H24/c1-21-25-17-10-11-19-27(25)31(29(21)23-14-6-3-7-15-23)30-26-18-9-8-16-24(26)20-28(30)22-12-4-2-5-13-22/h2-19,31H,20H2,1H3. The molecule has 0 bridgehead atoms. The van der Waals surface area contributed by atoms with Crippen LogP contribution in [0.5, 0.6) is 0 Å². The van der Waals surface area contributed by atoms with E-state index in [1.165, 1.54) is 55.7 Å². The Kier molecular flexibility index (Phi) is 4.25. The summed E-state index contributed by atoms with van der Waals surface area (Å²) in [4.78, 5) is 0. The fraction of sp³-hybridized carbons (Fsp3) is 0.0968. The van der Waals surface area contributed by atoms with Gasteiger partial charge in [0.1, 0.15) is 0 Å². The molecule has 0 saturated heterocycles. The van der Waals surface area contributed by atoms with Crippen molar-refractivity contribution in [1.82, 2.24) is 0 Å². The largest absolute Gasteiger partial charge is 0.0622 e. The smallest absolute Gasteiger partial charge is 0.0363 e. The van der Waals surface area contributed by atoms with Crippen molar-refractivity contribution in [3.63, 3.8) is 0 Å². The first-order chi connectivity index (χ1) is 15.3. The summed E-state index contributed by atoms with van der Waals surface area (Å²) in [5.74, 6) is 0.248. The third-order valence-electron chi connectivity index (χ3n) is 6.86. The molecule has 0 fully saturated rings. The van der Waals surface area contributed by atoms with Gasteiger partial charge in [0.15, 0.2) is 0 Å². The van der Waals surface area contributed by atoms with Gasteiger partial charge in [-0.25, -0.2) is 0 Å². The molecular formula is C31H24. The highest BCUT2D eigenvalue weighted by Crippen LogP contribution is 2.56.